The van der Waals surface area contributed by atoms with Gasteiger partial charge in [-0.05, 0) is 46.5 Å². The van der Waals surface area contributed by atoms with Crippen molar-refractivity contribution >= 4 is 83.4 Å². The van der Waals surface area contributed by atoms with Crippen LogP contribution in [0.15, 0.2) is 79.4 Å². The Balaban J connectivity index is 1.14. The number of amides is 1. The number of hydrogen-bond donors (Lipinski definition) is 0. The molecule has 228 valence electrons. The van der Waals surface area contributed by atoms with E-state index in [-0.39, 0.29) is 12.6 Å². The quantitative estimate of drug-likeness (QED) is 0.289. The molecule has 0 saturated heterocycles. The molecule has 3 aromatic heterocycles. The molecule has 0 saturated carbocycles. The third-order valence-corrected chi connectivity index (χ3v) is 10.3. The van der Waals surface area contributed by atoms with Crippen LogP contribution in [0.5, 0.6) is 0 Å². The first kappa shape index (κ1) is 28.4. The standard InChI is InChI=1S/C42H34N4O/c1-23-34-14-10-30(18-38(34)25(3)43(23)8)32-12-16-36-27(5)45(29(7)40(36)20-32)22-46-28(6)37-17-13-33(21-41(37)42(46)47)31-11-15-35-24(2)44(9)26(4)39(35)19-31/h10-21H,1-7,22H2,8-9H3. The van der Waals surface area contributed by atoms with E-state index >= 15 is 0 Å². The van der Waals surface area contributed by atoms with Crippen LogP contribution < -0.4 is 32.1 Å². The molecule has 4 heterocycles. The van der Waals surface area contributed by atoms with Crippen molar-refractivity contribution in [3.63, 3.8) is 0 Å². The Bertz CT molecular complexity index is 2900. The Morgan fingerprint density at radius 2 is 0.851 bits per heavy atom. The third kappa shape index (κ3) is 3.86. The van der Waals surface area contributed by atoms with E-state index in [1.54, 1.807) is 4.90 Å². The van der Waals surface area contributed by atoms with Crippen molar-refractivity contribution in [1.82, 2.24) is 18.6 Å². The summed E-state index contributed by atoms with van der Waals surface area (Å²) in [7, 11) is 3.96. The zero-order valence-corrected chi connectivity index (χ0v) is 26.8. The number of carbonyl (C=O) groups excluding carboxylic acids is 1. The van der Waals surface area contributed by atoms with E-state index < -0.39 is 0 Å². The van der Waals surface area contributed by atoms with E-state index in [4.69, 9.17) is 0 Å². The molecule has 0 N–H and O–H groups in total. The lowest BCUT2D eigenvalue weighted by Crippen LogP contribution is -2.35. The summed E-state index contributed by atoms with van der Waals surface area (Å²) in [4.78, 5) is 15.6. The molecule has 0 radical (unpaired) electrons. The number of hydrogen-bond acceptors (Lipinski definition) is 1. The fourth-order valence-corrected chi connectivity index (χ4v) is 7.17. The van der Waals surface area contributed by atoms with Crippen molar-refractivity contribution in [2.45, 2.75) is 6.67 Å². The zero-order valence-electron chi connectivity index (χ0n) is 26.8. The molecule has 0 atom stereocenters. The molecule has 1 aliphatic rings. The lowest BCUT2D eigenvalue weighted by atomic mass is 9.98. The van der Waals surface area contributed by atoms with E-state index in [1.807, 2.05) is 46.0 Å². The summed E-state index contributed by atoms with van der Waals surface area (Å²) in [6.45, 7) is 30.3. The Kier molecular flexibility index (Phi) is 5.87. The summed E-state index contributed by atoms with van der Waals surface area (Å²) in [5, 5.41) is 11.7. The number of carbonyl (C=O) groups is 1. The molecule has 1 amide bonds. The summed E-state index contributed by atoms with van der Waals surface area (Å²) in [6, 6.07) is 25.0. The number of benzene rings is 4. The minimum absolute atomic E-state index is 0.0901. The second-order valence-electron chi connectivity index (χ2n) is 12.6. The van der Waals surface area contributed by atoms with Gasteiger partial charge in [0.1, 0.15) is 6.67 Å². The Morgan fingerprint density at radius 3 is 1.36 bits per heavy atom. The Hall–Kier alpha value is -6.07. The van der Waals surface area contributed by atoms with Gasteiger partial charge < -0.3 is 13.7 Å². The van der Waals surface area contributed by atoms with Crippen molar-refractivity contribution in [2.24, 2.45) is 14.1 Å². The van der Waals surface area contributed by atoms with Gasteiger partial charge in [-0.1, -0.05) is 94.6 Å². The van der Waals surface area contributed by atoms with E-state index in [0.717, 1.165) is 92.2 Å². The normalized spacial score (nSPS) is 13.1. The van der Waals surface area contributed by atoms with E-state index in [0.29, 0.717) is 11.3 Å². The summed E-state index contributed by atoms with van der Waals surface area (Å²) < 4.78 is 6.03. The Labute approximate surface area is 271 Å². The topological polar surface area (TPSA) is 35.1 Å². The Morgan fingerprint density at radius 1 is 0.468 bits per heavy atom. The second-order valence-corrected chi connectivity index (χ2v) is 12.6. The monoisotopic (exact) mass is 610 g/mol. The van der Waals surface area contributed by atoms with Crippen LogP contribution in [0, 0.1) is 0 Å². The third-order valence-electron chi connectivity index (χ3n) is 10.3. The molecular weight excluding hydrogens is 576 g/mol. The SMILES string of the molecule is C=C1c2ccc(-c3ccc4c(=C)n(C)c(=C)c4c3)cc2C(=O)N1Cn1c(=C)c2ccc(-c3ccc4c(=C)n(C)c(=C)c4c3)cc2c1=C. The molecule has 0 aliphatic carbocycles. The van der Waals surface area contributed by atoms with Gasteiger partial charge in [-0.25, -0.2) is 0 Å². The van der Waals surface area contributed by atoms with Crippen LogP contribution in [0.2, 0.25) is 0 Å². The van der Waals surface area contributed by atoms with Crippen LogP contribution in [0.1, 0.15) is 15.9 Å². The van der Waals surface area contributed by atoms with Crippen LogP contribution >= 0.6 is 0 Å². The molecule has 0 fully saturated rings. The highest BCUT2D eigenvalue weighted by atomic mass is 16.2. The van der Waals surface area contributed by atoms with Crippen LogP contribution in [0.4, 0.5) is 0 Å². The smallest absolute Gasteiger partial charge is 0.260 e. The first-order chi connectivity index (χ1) is 22.5. The molecule has 4 aromatic carbocycles. The molecule has 7 aromatic rings. The summed E-state index contributed by atoms with van der Waals surface area (Å²) in [5.41, 5.74) is 6.27. The highest BCUT2D eigenvalue weighted by Crippen LogP contribution is 2.35. The molecule has 5 heteroatoms. The lowest BCUT2D eigenvalue weighted by molar-refractivity contribution is 0.0817. The first-order valence-corrected chi connectivity index (χ1v) is 15.4. The highest BCUT2D eigenvalue weighted by molar-refractivity contribution is 6.09. The van der Waals surface area contributed by atoms with Gasteiger partial charge in [-0.15, -0.1) is 0 Å². The number of rotatable bonds is 4. The fourth-order valence-electron chi connectivity index (χ4n) is 7.17. The number of nitrogens with zero attached hydrogens (tertiary/aromatic N) is 4. The van der Waals surface area contributed by atoms with E-state index in [2.05, 4.69) is 101 Å². The number of fused-ring (bicyclic) bond motifs is 4. The average Bonchev–Trinajstić information content (AvgIpc) is 3.65. The molecule has 1 aliphatic heterocycles. The minimum Gasteiger partial charge on any atom is -0.345 e. The van der Waals surface area contributed by atoms with Crippen molar-refractivity contribution in [3.05, 3.63) is 123 Å². The van der Waals surface area contributed by atoms with Gasteiger partial charge in [-0.3, -0.25) is 9.69 Å². The fraction of sp³-hybridized carbons (Fsp3) is 0.0714. The van der Waals surface area contributed by atoms with Gasteiger partial charge in [0.25, 0.3) is 5.91 Å². The van der Waals surface area contributed by atoms with Crippen LogP contribution in [-0.2, 0) is 20.8 Å². The van der Waals surface area contributed by atoms with Crippen molar-refractivity contribution in [2.75, 3.05) is 0 Å². The average molecular weight is 611 g/mol. The second kappa shape index (κ2) is 9.71. The van der Waals surface area contributed by atoms with Gasteiger partial charge in [0.15, 0.2) is 0 Å². The van der Waals surface area contributed by atoms with Gasteiger partial charge >= 0.3 is 0 Å². The van der Waals surface area contributed by atoms with Crippen LogP contribution in [0.25, 0.3) is 99.7 Å². The van der Waals surface area contributed by atoms with Crippen LogP contribution in [-0.4, -0.2) is 24.5 Å². The van der Waals surface area contributed by atoms with Crippen LogP contribution in [0.3, 0.4) is 0 Å². The van der Waals surface area contributed by atoms with Gasteiger partial charge in [-0.2, -0.15) is 0 Å². The van der Waals surface area contributed by atoms with Crippen molar-refractivity contribution < 1.29 is 4.79 Å². The summed E-state index contributed by atoms with van der Waals surface area (Å²) in [6.07, 6.45) is 0. The highest BCUT2D eigenvalue weighted by Gasteiger charge is 2.32. The largest absolute Gasteiger partial charge is 0.345 e. The zero-order chi connectivity index (χ0) is 33.0. The maximum Gasteiger partial charge on any atom is 0.260 e. The molecule has 5 nitrogen and oxygen atoms in total. The van der Waals surface area contributed by atoms with Gasteiger partial charge in [0, 0.05) is 95.3 Å². The molecule has 0 bridgehead atoms. The molecule has 0 unspecified atom stereocenters. The van der Waals surface area contributed by atoms with Gasteiger partial charge in [0.05, 0.1) is 0 Å². The van der Waals surface area contributed by atoms with Gasteiger partial charge in [0.2, 0.25) is 0 Å². The van der Waals surface area contributed by atoms with Crippen molar-refractivity contribution in [1.29, 1.82) is 0 Å². The number of aromatic nitrogens is 3. The summed E-state index contributed by atoms with van der Waals surface area (Å²) in [5.74, 6) is -0.0901. The minimum atomic E-state index is -0.0901. The van der Waals surface area contributed by atoms with Crippen molar-refractivity contribution in [3.8, 4) is 22.3 Å². The molecule has 47 heavy (non-hydrogen) atoms. The van der Waals surface area contributed by atoms with E-state index in [1.165, 1.54) is 0 Å². The lowest BCUT2D eigenvalue weighted by Gasteiger charge is -2.18. The molecule has 0 spiro atoms. The maximum absolute atomic E-state index is 13.9. The molecule has 8 rings (SSSR count). The maximum atomic E-state index is 13.9. The predicted molar refractivity (Wildman–Crippen MR) is 198 cm³/mol. The summed E-state index contributed by atoms with van der Waals surface area (Å²) >= 11 is 0. The van der Waals surface area contributed by atoms with E-state index in [9.17, 15) is 4.79 Å². The first-order valence-electron chi connectivity index (χ1n) is 15.4. The predicted octanol–water partition coefficient (Wildman–Crippen LogP) is 4.50. The molecular formula is C42H34N4O.